The maximum absolute atomic E-state index is 12.9. The molecule has 0 amide bonds. The van der Waals surface area contributed by atoms with E-state index in [9.17, 15) is 14.4 Å². The van der Waals surface area contributed by atoms with E-state index in [0.29, 0.717) is 19.3 Å². The molecule has 0 rings (SSSR count). The summed E-state index contributed by atoms with van der Waals surface area (Å²) in [6.45, 7) is 6.46. The Bertz CT molecular complexity index is 1750. The van der Waals surface area contributed by atoms with Gasteiger partial charge in [0.15, 0.2) is 6.10 Å². The van der Waals surface area contributed by atoms with Crippen molar-refractivity contribution in [3.8, 4) is 0 Å². The molecule has 0 bridgehead atoms. The van der Waals surface area contributed by atoms with Crippen LogP contribution in [0.1, 0.15) is 316 Å². The van der Waals surface area contributed by atoms with Crippen LogP contribution in [0.2, 0.25) is 0 Å². The molecule has 1 atom stereocenters. The van der Waals surface area contributed by atoms with Crippen molar-refractivity contribution in [2.75, 3.05) is 13.2 Å². The standard InChI is InChI=1S/C77H128O6/c1-4-7-10-13-16-19-22-25-27-29-30-31-32-33-34-35-36-37-38-39-40-41-42-43-44-45-46-48-49-52-55-58-61-64-67-70-76(79)82-73-74(72-81-75(78)69-66-63-60-57-54-51-24-21-18-15-12-9-6-3)83-77(80)71-68-65-62-59-56-53-50-47-28-26-23-20-17-14-11-8-5-2/h7,10,12,15-16,19,21,24-28,30-31,33-34,36-37,39-40,42-43,74H,4-6,8-9,11,13-14,17-18,20,22-23,29,32,35,38,41,44-73H2,1-3H3/b10-7-,15-12-,19-16-,24-21-,27-25-,28-26-,31-30-,34-33-,37-36-,40-39-,43-42-. The van der Waals surface area contributed by atoms with Gasteiger partial charge in [-0.2, -0.15) is 0 Å². The zero-order chi connectivity index (χ0) is 59.9. The van der Waals surface area contributed by atoms with Gasteiger partial charge in [-0.3, -0.25) is 14.4 Å². The molecular weight excluding hydrogens is 1020 g/mol. The first-order valence-corrected chi connectivity index (χ1v) is 34.7. The number of esters is 3. The van der Waals surface area contributed by atoms with E-state index >= 15 is 0 Å². The molecule has 0 aromatic rings. The molecule has 1 unspecified atom stereocenters. The Labute approximate surface area is 513 Å². The molecule has 0 aromatic heterocycles. The predicted octanol–water partition coefficient (Wildman–Crippen LogP) is 24.1. The van der Waals surface area contributed by atoms with Crippen LogP contribution in [0.3, 0.4) is 0 Å². The Morgan fingerprint density at radius 1 is 0.253 bits per heavy atom. The first-order chi connectivity index (χ1) is 41.0. The van der Waals surface area contributed by atoms with Crippen molar-refractivity contribution in [3.63, 3.8) is 0 Å². The highest BCUT2D eigenvalue weighted by atomic mass is 16.6. The molecule has 0 aliphatic rings. The Balaban J connectivity index is 4.25. The first-order valence-electron chi connectivity index (χ1n) is 34.7. The van der Waals surface area contributed by atoms with Gasteiger partial charge in [-0.15, -0.1) is 0 Å². The highest BCUT2D eigenvalue weighted by Crippen LogP contribution is 2.16. The second kappa shape index (κ2) is 70.0. The third-order valence-electron chi connectivity index (χ3n) is 14.6. The molecule has 0 saturated heterocycles. The number of hydrogen-bond acceptors (Lipinski definition) is 6. The fourth-order valence-corrected chi connectivity index (χ4v) is 9.43. The van der Waals surface area contributed by atoms with Gasteiger partial charge in [-0.05, 0) is 135 Å². The number of ether oxygens (including phenoxy) is 3. The lowest BCUT2D eigenvalue weighted by atomic mass is 10.1. The highest BCUT2D eigenvalue weighted by Gasteiger charge is 2.19. The Hall–Kier alpha value is -4.45. The van der Waals surface area contributed by atoms with E-state index in [1.165, 1.54) is 128 Å². The van der Waals surface area contributed by atoms with Crippen molar-refractivity contribution in [1.29, 1.82) is 0 Å². The molecule has 83 heavy (non-hydrogen) atoms. The van der Waals surface area contributed by atoms with Crippen LogP contribution in [0.5, 0.6) is 0 Å². The summed E-state index contributed by atoms with van der Waals surface area (Å²) in [7, 11) is 0. The third-order valence-corrected chi connectivity index (χ3v) is 14.6. The summed E-state index contributed by atoms with van der Waals surface area (Å²) in [6.07, 6.45) is 99.0. The van der Waals surface area contributed by atoms with Gasteiger partial charge in [-0.25, -0.2) is 0 Å². The fourth-order valence-electron chi connectivity index (χ4n) is 9.43. The SMILES string of the molecule is CC/C=C\C/C=C\C/C=C\C/C=C\C/C=C\C/C=C\C/C=C\C/C=C\CCCCCCCCCCCCC(=O)OCC(COC(=O)CCCCCCC/C=C\C/C=C\CCC)OC(=O)CCCCCCCCC/C=C\CCCCCCCC. The molecule has 0 heterocycles. The summed E-state index contributed by atoms with van der Waals surface area (Å²) in [5.74, 6) is -0.904. The fraction of sp³-hybridized carbons (Fsp3) is 0.675. The largest absolute Gasteiger partial charge is 0.462 e. The zero-order valence-corrected chi connectivity index (χ0v) is 54.2. The first kappa shape index (κ1) is 78.5. The normalized spacial score (nSPS) is 13.0. The van der Waals surface area contributed by atoms with Gasteiger partial charge in [0.05, 0.1) is 0 Å². The smallest absolute Gasteiger partial charge is 0.306 e. The molecule has 6 nitrogen and oxygen atoms in total. The highest BCUT2D eigenvalue weighted by molar-refractivity contribution is 5.71. The van der Waals surface area contributed by atoms with Crippen molar-refractivity contribution in [1.82, 2.24) is 0 Å². The molecule has 0 N–H and O–H groups in total. The van der Waals surface area contributed by atoms with E-state index in [2.05, 4.69) is 154 Å². The van der Waals surface area contributed by atoms with Gasteiger partial charge >= 0.3 is 17.9 Å². The molecule has 0 aromatic carbocycles. The minimum atomic E-state index is -0.792. The summed E-state index contributed by atoms with van der Waals surface area (Å²) < 4.78 is 16.9. The molecule has 0 aliphatic heterocycles. The molecule has 0 spiro atoms. The van der Waals surface area contributed by atoms with Crippen LogP contribution in [0.15, 0.2) is 134 Å². The minimum Gasteiger partial charge on any atom is -0.462 e. The number of unbranched alkanes of at least 4 members (excludes halogenated alkanes) is 29. The second-order valence-corrected chi connectivity index (χ2v) is 22.7. The number of hydrogen-bond donors (Lipinski definition) is 0. The minimum absolute atomic E-state index is 0.0878. The number of carbonyl (C=O) groups is 3. The summed E-state index contributed by atoms with van der Waals surface area (Å²) in [5, 5.41) is 0. The summed E-state index contributed by atoms with van der Waals surface area (Å²) in [5.41, 5.74) is 0. The van der Waals surface area contributed by atoms with Gasteiger partial charge in [-0.1, -0.05) is 296 Å². The maximum atomic E-state index is 12.9. The van der Waals surface area contributed by atoms with Gasteiger partial charge < -0.3 is 14.2 Å². The van der Waals surface area contributed by atoms with Gasteiger partial charge in [0, 0.05) is 19.3 Å². The lowest BCUT2D eigenvalue weighted by Crippen LogP contribution is -2.30. The van der Waals surface area contributed by atoms with Crippen LogP contribution < -0.4 is 0 Å². The average molecular weight is 1150 g/mol. The lowest BCUT2D eigenvalue weighted by Gasteiger charge is -2.18. The lowest BCUT2D eigenvalue weighted by molar-refractivity contribution is -0.167. The molecule has 0 radical (unpaired) electrons. The number of rotatable bonds is 62. The molecular formula is C77H128O6. The topological polar surface area (TPSA) is 78.9 Å². The van der Waals surface area contributed by atoms with Crippen molar-refractivity contribution in [3.05, 3.63) is 134 Å². The zero-order valence-electron chi connectivity index (χ0n) is 54.2. The van der Waals surface area contributed by atoms with E-state index in [0.717, 1.165) is 148 Å². The third kappa shape index (κ3) is 68.2. The van der Waals surface area contributed by atoms with Crippen LogP contribution in [-0.4, -0.2) is 37.2 Å². The molecule has 0 fully saturated rings. The van der Waals surface area contributed by atoms with Crippen molar-refractivity contribution >= 4 is 17.9 Å². The van der Waals surface area contributed by atoms with E-state index in [-0.39, 0.29) is 31.1 Å². The van der Waals surface area contributed by atoms with Crippen LogP contribution in [0.4, 0.5) is 0 Å². The summed E-state index contributed by atoms with van der Waals surface area (Å²) in [6, 6.07) is 0. The predicted molar refractivity (Wildman–Crippen MR) is 362 cm³/mol. The van der Waals surface area contributed by atoms with E-state index in [1.807, 2.05) is 0 Å². The Morgan fingerprint density at radius 3 is 0.795 bits per heavy atom. The van der Waals surface area contributed by atoms with Crippen LogP contribution in [-0.2, 0) is 28.6 Å². The summed E-state index contributed by atoms with van der Waals surface area (Å²) >= 11 is 0. The van der Waals surface area contributed by atoms with Crippen LogP contribution in [0, 0.1) is 0 Å². The van der Waals surface area contributed by atoms with Crippen LogP contribution in [0.25, 0.3) is 0 Å². The quantitative estimate of drug-likeness (QED) is 0.0261. The Morgan fingerprint density at radius 2 is 0.494 bits per heavy atom. The Kier molecular flexibility index (Phi) is 66.3. The summed E-state index contributed by atoms with van der Waals surface area (Å²) in [4.78, 5) is 38.3. The number of carbonyl (C=O) groups excluding carboxylic acids is 3. The van der Waals surface area contributed by atoms with Crippen LogP contribution >= 0.6 is 0 Å². The second-order valence-electron chi connectivity index (χ2n) is 22.7. The van der Waals surface area contributed by atoms with E-state index < -0.39 is 6.10 Å². The average Bonchev–Trinajstić information content (AvgIpc) is 3.49. The van der Waals surface area contributed by atoms with Crippen molar-refractivity contribution in [2.24, 2.45) is 0 Å². The molecule has 472 valence electrons. The van der Waals surface area contributed by atoms with E-state index in [4.69, 9.17) is 14.2 Å². The maximum Gasteiger partial charge on any atom is 0.306 e. The van der Waals surface area contributed by atoms with Gasteiger partial charge in [0.25, 0.3) is 0 Å². The molecule has 6 heteroatoms. The van der Waals surface area contributed by atoms with Gasteiger partial charge in [0.2, 0.25) is 0 Å². The van der Waals surface area contributed by atoms with Crippen molar-refractivity contribution in [2.45, 2.75) is 322 Å². The monoisotopic (exact) mass is 1150 g/mol. The van der Waals surface area contributed by atoms with Gasteiger partial charge in [0.1, 0.15) is 13.2 Å². The molecule has 0 aliphatic carbocycles. The van der Waals surface area contributed by atoms with E-state index in [1.54, 1.807) is 0 Å². The van der Waals surface area contributed by atoms with Crippen molar-refractivity contribution < 1.29 is 28.6 Å². The molecule has 0 saturated carbocycles. The number of allylic oxidation sites excluding steroid dienone is 22.